The van der Waals surface area contributed by atoms with Crippen LogP contribution in [0.4, 0.5) is 5.82 Å². The Hall–Kier alpha value is -1.12. The quantitative estimate of drug-likeness (QED) is 0.818. The second kappa shape index (κ2) is 6.33. The molecule has 6 nitrogen and oxygen atoms in total. The maximum absolute atomic E-state index is 12.8. The van der Waals surface area contributed by atoms with E-state index in [-0.39, 0.29) is 17.0 Å². The van der Waals surface area contributed by atoms with Crippen LogP contribution in [-0.4, -0.2) is 30.4 Å². The van der Waals surface area contributed by atoms with Crippen LogP contribution < -0.4 is 10.0 Å². The van der Waals surface area contributed by atoms with E-state index in [1.807, 2.05) is 33.1 Å². The molecule has 2 heterocycles. The van der Waals surface area contributed by atoms with Crippen molar-refractivity contribution < 1.29 is 8.42 Å². The summed E-state index contributed by atoms with van der Waals surface area (Å²) in [6.07, 6.45) is 2.48. The first-order chi connectivity index (χ1) is 9.90. The Morgan fingerprint density at radius 2 is 2.10 bits per heavy atom. The number of fused-ring (bicyclic) bond motifs is 1. The van der Waals surface area contributed by atoms with Crippen LogP contribution in [0.3, 0.4) is 0 Å². The molecular formula is C13H22N4O2S2. The van der Waals surface area contributed by atoms with Crippen molar-refractivity contribution >= 4 is 32.1 Å². The van der Waals surface area contributed by atoms with E-state index in [0.717, 1.165) is 6.42 Å². The Morgan fingerprint density at radius 1 is 1.38 bits per heavy atom. The number of aromatic nitrogens is 2. The van der Waals surface area contributed by atoms with E-state index in [2.05, 4.69) is 15.0 Å². The predicted molar refractivity (Wildman–Crippen MR) is 86.5 cm³/mol. The highest BCUT2D eigenvalue weighted by molar-refractivity contribution is 7.89. The molecule has 0 aliphatic heterocycles. The molecular weight excluding hydrogens is 308 g/mol. The smallest absolute Gasteiger partial charge is 0.260 e. The summed E-state index contributed by atoms with van der Waals surface area (Å²) >= 11 is 1.41. The predicted octanol–water partition coefficient (Wildman–Crippen LogP) is 2.54. The molecule has 0 spiro atoms. The van der Waals surface area contributed by atoms with Crippen molar-refractivity contribution in [3.05, 3.63) is 11.6 Å². The number of sulfonamides is 1. The largest absolute Gasteiger partial charge is 0.368 e. The van der Waals surface area contributed by atoms with Gasteiger partial charge in [0.2, 0.25) is 0 Å². The number of thiazole rings is 1. The van der Waals surface area contributed by atoms with Gasteiger partial charge in [-0.2, -0.15) is 0 Å². The van der Waals surface area contributed by atoms with Gasteiger partial charge in [0, 0.05) is 24.2 Å². The van der Waals surface area contributed by atoms with Crippen molar-refractivity contribution in [2.75, 3.05) is 11.9 Å². The number of imidazole rings is 1. The average molecular weight is 330 g/mol. The molecule has 0 fully saturated rings. The zero-order chi connectivity index (χ0) is 15.6. The second-order valence-electron chi connectivity index (χ2n) is 5.23. The number of hydrogen-bond acceptors (Lipinski definition) is 5. The maximum Gasteiger partial charge on any atom is 0.260 e. The molecule has 2 aromatic heterocycles. The molecule has 0 saturated heterocycles. The first-order valence-corrected chi connectivity index (χ1v) is 9.48. The summed E-state index contributed by atoms with van der Waals surface area (Å²) in [5.74, 6) is 0.647. The van der Waals surface area contributed by atoms with Gasteiger partial charge in [0.15, 0.2) is 15.8 Å². The number of rotatable bonds is 7. The first kappa shape index (κ1) is 16.3. The van der Waals surface area contributed by atoms with Crippen molar-refractivity contribution in [1.29, 1.82) is 0 Å². The average Bonchev–Trinajstić information content (AvgIpc) is 2.95. The Morgan fingerprint density at radius 3 is 2.67 bits per heavy atom. The number of nitrogens with one attached hydrogen (secondary N) is 2. The van der Waals surface area contributed by atoms with Gasteiger partial charge in [0.25, 0.3) is 10.0 Å². The van der Waals surface area contributed by atoms with Crippen LogP contribution in [0.2, 0.25) is 0 Å². The summed E-state index contributed by atoms with van der Waals surface area (Å²) in [6.45, 7) is 8.54. The normalized spacial score (nSPS) is 14.0. The van der Waals surface area contributed by atoms with Gasteiger partial charge in [-0.15, -0.1) is 11.3 Å². The van der Waals surface area contributed by atoms with E-state index >= 15 is 0 Å². The third-order valence-electron chi connectivity index (χ3n) is 3.37. The van der Waals surface area contributed by atoms with Crippen LogP contribution in [0, 0.1) is 5.92 Å². The molecule has 21 heavy (non-hydrogen) atoms. The monoisotopic (exact) mass is 330 g/mol. The van der Waals surface area contributed by atoms with Gasteiger partial charge in [-0.3, -0.25) is 4.40 Å². The molecule has 1 unspecified atom stereocenters. The molecule has 8 heteroatoms. The molecule has 0 bridgehead atoms. The molecule has 0 aliphatic rings. The molecule has 0 aliphatic carbocycles. The third kappa shape index (κ3) is 3.22. The molecule has 2 N–H and O–H groups in total. The minimum Gasteiger partial charge on any atom is -0.368 e. The van der Waals surface area contributed by atoms with Crippen molar-refractivity contribution in [2.24, 2.45) is 5.92 Å². The van der Waals surface area contributed by atoms with E-state index < -0.39 is 10.0 Å². The van der Waals surface area contributed by atoms with Crippen LogP contribution in [0.5, 0.6) is 0 Å². The van der Waals surface area contributed by atoms with Gasteiger partial charge in [-0.1, -0.05) is 20.8 Å². The van der Waals surface area contributed by atoms with E-state index in [4.69, 9.17) is 0 Å². The highest BCUT2D eigenvalue weighted by atomic mass is 32.2. The lowest BCUT2D eigenvalue weighted by atomic mass is 10.0. The van der Waals surface area contributed by atoms with Gasteiger partial charge >= 0.3 is 0 Å². The van der Waals surface area contributed by atoms with E-state index in [1.54, 1.807) is 10.6 Å². The van der Waals surface area contributed by atoms with E-state index in [9.17, 15) is 8.42 Å². The van der Waals surface area contributed by atoms with E-state index in [0.29, 0.717) is 17.3 Å². The van der Waals surface area contributed by atoms with Crippen LogP contribution in [0.15, 0.2) is 16.6 Å². The van der Waals surface area contributed by atoms with Crippen molar-refractivity contribution in [2.45, 2.75) is 45.2 Å². The zero-order valence-corrected chi connectivity index (χ0v) is 14.4. The maximum atomic E-state index is 12.8. The fraction of sp³-hybridized carbons (Fsp3) is 0.615. The van der Waals surface area contributed by atoms with Crippen molar-refractivity contribution in [1.82, 2.24) is 14.1 Å². The lowest BCUT2D eigenvalue weighted by molar-refractivity contribution is 0.436. The number of anilines is 1. The summed E-state index contributed by atoms with van der Waals surface area (Å²) in [5.41, 5.74) is 0. The standard InChI is InChI=1S/C13H22N4O2S2/c1-5-10(9(3)4)16-21(18,19)12-11(14-6-2)15-13-17(12)7-8-20-13/h7-10,14,16H,5-6H2,1-4H3. The Labute approximate surface area is 129 Å². The van der Waals surface area contributed by atoms with Crippen LogP contribution in [0.1, 0.15) is 34.1 Å². The van der Waals surface area contributed by atoms with E-state index in [1.165, 1.54) is 11.3 Å². The molecule has 0 amide bonds. The summed E-state index contributed by atoms with van der Waals surface area (Å²) in [6, 6.07) is -0.0892. The Balaban J connectivity index is 2.47. The SMILES string of the molecule is CCNc1nc2sccn2c1S(=O)(=O)NC(CC)C(C)C. The minimum atomic E-state index is -3.63. The van der Waals surface area contributed by atoms with Crippen LogP contribution >= 0.6 is 11.3 Å². The second-order valence-corrected chi connectivity index (χ2v) is 7.73. The molecule has 2 rings (SSSR count). The van der Waals surface area contributed by atoms with Crippen molar-refractivity contribution in [3.8, 4) is 0 Å². The zero-order valence-electron chi connectivity index (χ0n) is 12.8. The highest BCUT2D eigenvalue weighted by Crippen LogP contribution is 2.26. The topological polar surface area (TPSA) is 75.5 Å². The van der Waals surface area contributed by atoms with Gasteiger partial charge < -0.3 is 5.32 Å². The fourth-order valence-corrected chi connectivity index (χ4v) is 4.75. The van der Waals surface area contributed by atoms with Crippen molar-refractivity contribution in [3.63, 3.8) is 0 Å². The number of nitrogens with zero attached hydrogens (tertiary/aromatic N) is 2. The van der Waals surface area contributed by atoms with Gasteiger partial charge in [-0.05, 0) is 19.3 Å². The molecule has 0 saturated carbocycles. The summed E-state index contributed by atoms with van der Waals surface area (Å²) in [5, 5.41) is 5.06. The molecule has 2 aromatic rings. The molecule has 118 valence electrons. The minimum absolute atomic E-state index is 0.0892. The van der Waals surface area contributed by atoms with Crippen LogP contribution in [-0.2, 0) is 10.0 Å². The van der Waals surface area contributed by atoms with Gasteiger partial charge in [0.05, 0.1) is 0 Å². The molecule has 0 aromatic carbocycles. The number of hydrogen-bond donors (Lipinski definition) is 2. The summed E-state index contributed by atoms with van der Waals surface area (Å²) < 4.78 is 30.0. The van der Waals surface area contributed by atoms with Gasteiger partial charge in [-0.25, -0.2) is 18.1 Å². The molecule has 0 radical (unpaired) electrons. The first-order valence-electron chi connectivity index (χ1n) is 7.12. The third-order valence-corrected chi connectivity index (χ3v) is 5.64. The Bertz CT molecular complexity index is 703. The summed E-state index contributed by atoms with van der Waals surface area (Å²) in [4.78, 5) is 5.03. The fourth-order valence-electron chi connectivity index (χ4n) is 2.25. The molecule has 1 atom stereocenters. The van der Waals surface area contributed by atoms with Crippen LogP contribution in [0.25, 0.3) is 4.96 Å². The lowest BCUT2D eigenvalue weighted by Gasteiger charge is -2.20. The highest BCUT2D eigenvalue weighted by Gasteiger charge is 2.28. The van der Waals surface area contributed by atoms with Gasteiger partial charge in [0.1, 0.15) is 0 Å². The Kier molecular flexibility index (Phi) is 4.90. The summed E-state index contributed by atoms with van der Waals surface area (Å²) in [7, 11) is -3.63. The lowest BCUT2D eigenvalue weighted by Crippen LogP contribution is -2.38.